The van der Waals surface area contributed by atoms with Crippen LogP contribution in [0.25, 0.3) is 11.1 Å². The zero-order chi connectivity index (χ0) is 22.3. The van der Waals surface area contributed by atoms with Crippen molar-refractivity contribution >= 4 is 0 Å². The Kier molecular flexibility index (Phi) is 7.92. The van der Waals surface area contributed by atoms with E-state index in [4.69, 9.17) is 0 Å². The molecule has 2 aromatic carbocycles. The van der Waals surface area contributed by atoms with Crippen molar-refractivity contribution in [2.24, 2.45) is 5.92 Å². The van der Waals surface area contributed by atoms with Gasteiger partial charge < -0.3 is 4.74 Å². The molecule has 31 heavy (non-hydrogen) atoms. The van der Waals surface area contributed by atoms with E-state index < -0.39 is 18.6 Å². The Morgan fingerprint density at radius 3 is 2.10 bits per heavy atom. The van der Waals surface area contributed by atoms with Crippen molar-refractivity contribution in [2.75, 3.05) is 0 Å². The fourth-order valence-corrected chi connectivity index (χ4v) is 3.65. The second kappa shape index (κ2) is 10.6. The first-order valence-corrected chi connectivity index (χ1v) is 10.5. The maximum atomic E-state index is 13.0. The lowest BCUT2D eigenvalue weighted by Gasteiger charge is -2.27. The number of aryl methyl sites for hydroxylation is 1. The van der Waals surface area contributed by atoms with Crippen LogP contribution in [0.1, 0.15) is 43.2 Å². The molecule has 1 fully saturated rings. The number of rotatable bonds is 6. The summed E-state index contributed by atoms with van der Waals surface area (Å²) < 4.78 is 54.3. The third-order valence-corrected chi connectivity index (χ3v) is 5.47. The first-order valence-electron chi connectivity index (χ1n) is 10.5. The van der Waals surface area contributed by atoms with Crippen molar-refractivity contribution in [3.8, 4) is 23.0 Å². The van der Waals surface area contributed by atoms with Gasteiger partial charge in [0.2, 0.25) is 0 Å². The topological polar surface area (TPSA) is 9.23 Å². The van der Waals surface area contributed by atoms with Gasteiger partial charge in [0, 0.05) is 11.5 Å². The van der Waals surface area contributed by atoms with E-state index in [0.29, 0.717) is 25.7 Å². The minimum atomic E-state index is -4.96. The van der Waals surface area contributed by atoms with E-state index >= 15 is 0 Å². The first-order chi connectivity index (χ1) is 14.8. The second-order valence-electron chi connectivity index (χ2n) is 7.84. The van der Waals surface area contributed by atoms with Crippen molar-refractivity contribution in [2.45, 2.75) is 57.2 Å². The molecule has 0 heterocycles. The van der Waals surface area contributed by atoms with Crippen LogP contribution in [0.3, 0.4) is 0 Å². The lowest BCUT2D eigenvalue weighted by molar-refractivity contribution is -0.279. The smallest absolute Gasteiger partial charge is 0.338 e. The van der Waals surface area contributed by atoms with Crippen LogP contribution in [0.15, 0.2) is 61.2 Å². The molecule has 0 saturated heterocycles. The lowest BCUT2D eigenvalue weighted by atomic mass is 9.87. The Labute approximate surface area is 181 Å². The van der Waals surface area contributed by atoms with Crippen molar-refractivity contribution in [3.63, 3.8) is 0 Å². The average molecular weight is 430 g/mol. The van der Waals surface area contributed by atoms with Gasteiger partial charge in [-0.15, -0.1) is 6.58 Å². The largest absolute Gasteiger partial charge is 0.445 e. The molecule has 0 aromatic heterocycles. The number of benzene rings is 2. The summed E-state index contributed by atoms with van der Waals surface area (Å²) in [7, 11) is 0. The highest BCUT2D eigenvalue weighted by Gasteiger charge is 2.43. The van der Waals surface area contributed by atoms with Gasteiger partial charge in [-0.2, -0.15) is 13.2 Å². The molecule has 164 valence electrons. The van der Waals surface area contributed by atoms with Crippen LogP contribution < -0.4 is 0 Å². The molecule has 0 bridgehead atoms. The fraction of sp³-hybridized carbons (Fsp3) is 0.385. The molecule has 0 radical (unpaired) electrons. The highest BCUT2D eigenvalue weighted by atomic mass is 19.4. The lowest BCUT2D eigenvalue weighted by Crippen LogP contribution is -2.33. The van der Waals surface area contributed by atoms with E-state index in [0.717, 1.165) is 29.5 Å². The summed E-state index contributed by atoms with van der Waals surface area (Å²) in [5, 5.41) is 0. The highest BCUT2D eigenvalue weighted by Crippen LogP contribution is 2.31. The van der Waals surface area contributed by atoms with Gasteiger partial charge in [-0.1, -0.05) is 54.3 Å². The van der Waals surface area contributed by atoms with E-state index in [1.54, 1.807) is 0 Å². The molecule has 1 aliphatic carbocycles. The van der Waals surface area contributed by atoms with Gasteiger partial charge in [-0.25, -0.2) is 4.39 Å². The van der Waals surface area contributed by atoms with E-state index in [-0.39, 0.29) is 5.92 Å². The molecule has 0 N–H and O–H groups in total. The standard InChI is InChI=1S/C26H26F4O/c1-2-3-4-19-7-13-22(14-8-19)23-15-9-20(10-16-23)5-6-21-11-17-24(18-12-21)31-25(27)26(28,29)30/h2,7-10,13-16,21,24-25H,1,3-4,11-12,17-18H2/t21-,24-,25?. The minimum Gasteiger partial charge on any atom is -0.338 e. The number of halogens is 4. The first kappa shape index (κ1) is 23.1. The zero-order valence-corrected chi connectivity index (χ0v) is 17.3. The summed E-state index contributed by atoms with van der Waals surface area (Å²) in [6.45, 7) is 3.75. The Hall–Kier alpha value is -2.58. The summed E-state index contributed by atoms with van der Waals surface area (Å²) in [5.41, 5.74) is 4.44. The third-order valence-electron chi connectivity index (χ3n) is 5.47. The van der Waals surface area contributed by atoms with Crippen molar-refractivity contribution in [3.05, 3.63) is 72.3 Å². The van der Waals surface area contributed by atoms with E-state index in [2.05, 4.69) is 47.4 Å². The molecule has 1 saturated carbocycles. The van der Waals surface area contributed by atoms with Gasteiger partial charge >= 0.3 is 6.18 Å². The van der Waals surface area contributed by atoms with Gasteiger partial charge in [0.05, 0.1) is 6.10 Å². The van der Waals surface area contributed by atoms with E-state index in [1.807, 2.05) is 30.3 Å². The molecule has 1 unspecified atom stereocenters. The maximum absolute atomic E-state index is 13.0. The predicted octanol–water partition coefficient (Wildman–Crippen LogP) is 7.26. The summed E-state index contributed by atoms with van der Waals surface area (Å²) >= 11 is 0. The molecule has 0 spiro atoms. The number of hydrogen-bond acceptors (Lipinski definition) is 1. The Balaban J connectivity index is 1.51. The van der Waals surface area contributed by atoms with Crippen LogP contribution in [0.2, 0.25) is 0 Å². The Morgan fingerprint density at radius 2 is 1.55 bits per heavy atom. The molecule has 3 rings (SSSR count). The molecular weight excluding hydrogens is 404 g/mol. The van der Waals surface area contributed by atoms with Crippen LogP contribution in [0.4, 0.5) is 17.6 Å². The number of hydrogen-bond donors (Lipinski definition) is 0. The van der Waals surface area contributed by atoms with Gasteiger partial charge in [-0.3, -0.25) is 0 Å². The fourth-order valence-electron chi connectivity index (χ4n) is 3.65. The van der Waals surface area contributed by atoms with Crippen LogP contribution in [0.5, 0.6) is 0 Å². The normalized spacial score (nSPS) is 19.9. The molecule has 0 amide bonds. The minimum absolute atomic E-state index is 0.0894. The third kappa shape index (κ3) is 6.97. The molecule has 1 nitrogen and oxygen atoms in total. The Bertz CT molecular complexity index is 896. The SMILES string of the molecule is C=CCCc1ccc(-c2ccc(C#C[C@H]3CC[C@H](OC(F)C(F)(F)F)CC3)cc2)cc1. The number of allylic oxidation sites excluding steroid dienone is 1. The van der Waals surface area contributed by atoms with Crippen molar-refractivity contribution in [1.82, 2.24) is 0 Å². The quantitative estimate of drug-likeness (QED) is 0.266. The predicted molar refractivity (Wildman–Crippen MR) is 115 cm³/mol. The molecule has 0 aliphatic heterocycles. The monoisotopic (exact) mass is 430 g/mol. The van der Waals surface area contributed by atoms with Crippen LogP contribution in [-0.2, 0) is 11.2 Å². The van der Waals surface area contributed by atoms with E-state index in [9.17, 15) is 17.6 Å². The summed E-state index contributed by atoms with van der Waals surface area (Å²) in [6, 6.07) is 16.5. The van der Waals surface area contributed by atoms with Gasteiger partial charge in [0.15, 0.2) is 0 Å². The average Bonchev–Trinajstić information content (AvgIpc) is 2.77. The molecule has 1 aliphatic rings. The maximum Gasteiger partial charge on any atom is 0.445 e. The highest BCUT2D eigenvalue weighted by molar-refractivity contribution is 5.64. The molecule has 2 aromatic rings. The molecule has 5 heteroatoms. The van der Waals surface area contributed by atoms with E-state index in [1.165, 1.54) is 5.56 Å². The van der Waals surface area contributed by atoms with Crippen molar-refractivity contribution in [1.29, 1.82) is 0 Å². The summed E-state index contributed by atoms with van der Waals surface area (Å²) in [5.74, 6) is 6.44. The summed E-state index contributed by atoms with van der Waals surface area (Å²) in [6.07, 6.45) is -3.00. The van der Waals surface area contributed by atoms with Gasteiger partial charge in [0.1, 0.15) is 0 Å². The number of ether oxygens (including phenoxy) is 1. The Morgan fingerprint density at radius 1 is 0.968 bits per heavy atom. The molecule has 1 atom stereocenters. The van der Waals surface area contributed by atoms with Gasteiger partial charge in [0.25, 0.3) is 6.36 Å². The number of alkyl halides is 4. The zero-order valence-electron chi connectivity index (χ0n) is 17.3. The summed E-state index contributed by atoms with van der Waals surface area (Å²) in [4.78, 5) is 0. The van der Waals surface area contributed by atoms with Crippen LogP contribution >= 0.6 is 0 Å². The van der Waals surface area contributed by atoms with Gasteiger partial charge in [-0.05, 0) is 67.3 Å². The second-order valence-corrected chi connectivity index (χ2v) is 7.84. The van der Waals surface area contributed by atoms with Crippen LogP contribution in [-0.4, -0.2) is 18.6 Å². The molecular formula is C26H26F4O. The van der Waals surface area contributed by atoms with Crippen molar-refractivity contribution < 1.29 is 22.3 Å². The van der Waals surface area contributed by atoms with Crippen LogP contribution in [0, 0.1) is 17.8 Å².